The van der Waals surface area contributed by atoms with Crippen LogP contribution in [0.1, 0.15) is 32.8 Å². The lowest BCUT2D eigenvalue weighted by molar-refractivity contribution is -0.151. The lowest BCUT2D eigenvalue weighted by Crippen LogP contribution is -2.34. The van der Waals surface area contributed by atoms with Crippen LogP contribution in [0.15, 0.2) is 36.4 Å². The van der Waals surface area contributed by atoms with Gasteiger partial charge >= 0.3 is 5.97 Å². The van der Waals surface area contributed by atoms with Crippen molar-refractivity contribution in [3.8, 4) is 0 Å². The Labute approximate surface area is 120 Å². The van der Waals surface area contributed by atoms with Crippen molar-refractivity contribution >= 4 is 17.8 Å². The topological polar surface area (TPSA) is 43.4 Å². The van der Waals surface area contributed by atoms with E-state index in [9.17, 15) is 9.59 Å². The molecule has 20 heavy (non-hydrogen) atoms. The van der Waals surface area contributed by atoms with Crippen LogP contribution < -0.4 is 0 Å². The Kier molecular flexibility index (Phi) is 5.68. The fourth-order valence-electron chi connectivity index (χ4n) is 1.88. The highest BCUT2D eigenvalue weighted by Crippen LogP contribution is 2.23. The summed E-state index contributed by atoms with van der Waals surface area (Å²) in [5.41, 5.74) is 0.485. The van der Waals surface area contributed by atoms with Gasteiger partial charge in [-0.25, -0.2) is 0 Å². The summed E-state index contributed by atoms with van der Waals surface area (Å²) in [5, 5.41) is 0. The van der Waals surface area contributed by atoms with Gasteiger partial charge in [0.15, 0.2) is 5.78 Å². The summed E-state index contributed by atoms with van der Waals surface area (Å²) in [6.45, 7) is 5.44. The third-order valence-corrected chi connectivity index (χ3v) is 3.02. The maximum absolute atomic E-state index is 12.3. The quantitative estimate of drug-likeness (QED) is 0.609. The predicted octanol–water partition coefficient (Wildman–Crippen LogP) is 3.49. The molecule has 0 amide bonds. The molecule has 1 aromatic carbocycles. The molecule has 3 heteroatoms. The molecule has 3 nitrogen and oxygen atoms in total. The first-order valence-electron chi connectivity index (χ1n) is 6.70. The standard InChI is InChI=1S/C17H22O3/c1-17(2,3)15(18)14(16(19)20-4)12-8-11-13-9-6-5-7-10-13/h5-11,14H,12H2,1-4H3/b11-8+. The van der Waals surface area contributed by atoms with E-state index in [4.69, 9.17) is 4.74 Å². The van der Waals surface area contributed by atoms with Crippen LogP contribution in [0.4, 0.5) is 0 Å². The first-order chi connectivity index (χ1) is 9.36. The van der Waals surface area contributed by atoms with Crippen molar-refractivity contribution in [3.63, 3.8) is 0 Å². The minimum absolute atomic E-state index is 0.0953. The van der Waals surface area contributed by atoms with E-state index in [1.165, 1.54) is 7.11 Å². The molecule has 0 fully saturated rings. The molecule has 0 heterocycles. The van der Waals surface area contributed by atoms with E-state index in [1.54, 1.807) is 0 Å². The molecule has 0 aromatic heterocycles. The number of ether oxygens (including phenoxy) is 1. The van der Waals surface area contributed by atoms with Gasteiger partial charge in [0.1, 0.15) is 5.92 Å². The molecule has 1 atom stereocenters. The van der Waals surface area contributed by atoms with Gasteiger partial charge < -0.3 is 4.74 Å². The van der Waals surface area contributed by atoms with Crippen molar-refractivity contribution in [1.29, 1.82) is 0 Å². The Morgan fingerprint density at radius 3 is 2.30 bits per heavy atom. The molecule has 1 rings (SSSR count). The van der Waals surface area contributed by atoms with Crippen LogP contribution in [0, 0.1) is 11.3 Å². The summed E-state index contributed by atoms with van der Waals surface area (Å²) in [4.78, 5) is 24.0. The number of ketones is 1. The molecule has 0 aliphatic rings. The van der Waals surface area contributed by atoms with E-state index < -0.39 is 17.3 Å². The van der Waals surface area contributed by atoms with E-state index in [-0.39, 0.29) is 5.78 Å². The second-order valence-corrected chi connectivity index (χ2v) is 5.74. The van der Waals surface area contributed by atoms with Gasteiger partial charge in [-0.2, -0.15) is 0 Å². The predicted molar refractivity (Wildman–Crippen MR) is 80.1 cm³/mol. The summed E-state index contributed by atoms with van der Waals surface area (Å²) >= 11 is 0. The lowest BCUT2D eigenvalue weighted by Gasteiger charge is -2.22. The van der Waals surface area contributed by atoms with Gasteiger partial charge in [0.25, 0.3) is 0 Å². The third-order valence-electron chi connectivity index (χ3n) is 3.02. The van der Waals surface area contributed by atoms with Crippen molar-refractivity contribution in [2.45, 2.75) is 27.2 Å². The number of methoxy groups -OCH3 is 1. The SMILES string of the molecule is COC(=O)C(C/C=C/c1ccccc1)C(=O)C(C)(C)C. The van der Waals surface area contributed by atoms with Crippen molar-refractivity contribution in [1.82, 2.24) is 0 Å². The highest BCUT2D eigenvalue weighted by atomic mass is 16.5. The van der Waals surface area contributed by atoms with Crippen LogP contribution in [0.3, 0.4) is 0 Å². The summed E-state index contributed by atoms with van der Waals surface area (Å²) in [6.07, 6.45) is 4.12. The first kappa shape index (κ1) is 16.2. The number of allylic oxidation sites excluding steroid dienone is 1. The zero-order valence-corrected chi connectivity index (χ0v) is 12.6. The minimum atomic E-state index is -0.736. The van der Waals surface area contributed by atoms with Crippen molar-refractivity contribution in [2.24, 2.45) is 11.3 Å². The molecule has 0 saturated carbocycles. The molecule has 0 N–H and O–H groups in total. The Bertz CT molecular complexity index is 481. The number of benzene rings is 1. The molecule has 0 bridgehead atoms. The fourth-order valence-corrected chi connectivity index (χ4v) is 1.88. The summed E-state index contributed by atoms with van der Waals surface area (Å²) < 4.78 is 4.74. The number of carbonyl (C=O) groups is 2. The maximum Gasteiger partial charge on any atom is 0.316 e. The van der Waals surface area contributed by atoms with Crippen molar-refractivity contribution in [2.75, 3.05) is 7.11 Å². The van der Waals surface area contributed by atoms with Crippen LogP contribution in [-0.2, 0) is 14.3 Å². The van der Waals surface area contributed by atoms with Gasteiger partial charge in [-0.1, -0.05) is 63.3 Å². The Morgan fingerprint density at radius 2 is 1.80 bits per heavy atom. The number of rotatable bonds is 5. The number of esters is 1. The zero-order valence-electron chi connectivity index (χ0n) is 12.6. The zero-order chi connectivity index (χ0) is 15.2. The molecule has 0 radical (unpaired) electrons. The van der Waals surface area contributed by atoms with Gasteiger partial charge in [-0.3, -0.25) is 9.59 Å². The van der Waals surface area contributed by atoms with Crippen molar-refractivity contribution in [3.05, 3.63) is 42.0 Å². The van der Waals surface area contributed by atoms with Crippen LogP contribution in [0.5, 0.6) is 0 Å². The average molecular weight is 274 g/mol. The van der Waals surface area contributed by atoms with E-state index in [1.807, 2.05) is 63.3 Å². The molecule has 1 aromatic rings. The Balaban J connectivity index is 2.79. The number of carbonyl (C=O) groups excluding carboxylic acids is 2. The molecule has 0 saturated heterocycles. The summed E-state index contributed by atoms with van der Waals surface area (Å²) in [5.74, 6) is -1.30. The maximum atomic E-state index is 12.3. The molecular weight excluding hydrogens is 252 g/mol. The monoisotopic (exact) mass is 274 g/mol. The van der Waals surface area contributed by atoms with Crippen LogP contribution in [0.25, 0.3) is 6.08 Å². The molecule has 0 aliphatic carbocycles. The third kappa shape index (κ3) is 4.65. The lowest BCUT2D eigenvalue weighted by atomic mass is 9.81. The van der Waals surface area contributed by atoms with Gasteiger partial charge in [-0.15, -0.1) is 0 Å². The van der Waals surface area contributed by atoms with Crippen LogP contribution in [-0.4, -0.2) is 18.9 Å². The molecule has 108 valence electrons. The summed E-state index contributed by atoms with van der Waals surface area (Å²) in [7, 11) is 1.31. The normalized spacial score (nSPS) is 13.2. The average Bonchev–Trinajstić information content (AvgIpc) is 2.42. The molecule has 0 spiro atoms. The Hall–Kier alpha value is -1.90. The second-order valence-electron chi connectivity index (χ2n) is 5.74. The number of hydrogen-bond donors (Lipinski definition) is 0. The fraction of sp³-hybridized carbons (Fsp3) is 0.412. The van der Waals surface area contributed by atoms with Gasteiger partial charge in [0.2, 0.25) is 0 Å². The Morgan fingerprint density at radius 1 is 1.20 bits per heavy atom. The van der Waals surface area contributed by atoms with Crippen LogP contribution in [0.2, 0.25) is 0 Å². The first-order valence-corrected chi connectivity index (χ1v) is 6.70. The van der Waals surface area contributed by atoms with Crippen LogP contribution >= 0.6 is 0 Å². The van der Waals surface area contributed by atoms with Gasteiger partial charge in [0, 0.05) is 5.41 Å². The molecule has 0 aliphatic heterocycles. The summed E-state index contributed by atoms with van der Waals surface area (Å²) in [6, 6.07) is 9.76. The second kappa shape index (κ2) is 7.04. The highest BCUT2D eigenvalue weighted by molar-refractivity contribution is 6.01. The number of Topliss-reactive ketones (excluding diaryl/α,β-unsaturated/α-hetero) is 1. The van der Waals surface area contributed by atoms with E-state index in [0.717, 1.165) is 5.56 Å². The molecule has 1 unspecified atom stereocenters. The van der Waals surface area contributed by atoms with E-state index in [2.05, 4.69) is 0 Å². The number of hydrogen-bond acceptors (Lipinski definition) is 3. The van der Waals surface area contributed by atoms with Gasteiger partial charge in [0.05, 0.1) is 7.11 Å². The molecular formula is C17H22O3. The van der Waals surface area contributed by atoms with E-state index >= 15 is 0 Å². The highest BCUT2D eigenvalue weighted by Gasteiger charge is 2.34. The largest absolute Gasteiger partial charge is 0.468 e. The smallest absolute Gasteiger partial charge is 0.316 e. The minimum Gasteiger partial charge on any atom is -0.468 e. The van der Waals surface area contributed by atoms with Gasteiger partial charge in [-0.05, 0) is 12.0 Å². The van der Waals surface area contributed by atoms with Crippen molar-refractivity contribution < 1.29 is 14.3 Å². The van der Waals surface area contributed by atoms with E-state index in [0.29, 0.717) is 6.42 Å².